The second-order valence-corrected chi connectivity index (χ2v) is 13.3. The normalized spacial score (nSPS) is 27.5. The third-order valence-electron chi connectivity index (χ3n) is 10.7. The molecule has 3 fully saturated rings. The summed E-state index contributed by atoms with van der Waals surface area (Å²) < 4.78 is 6.17. The number of aliphatic hydroxyl groups excluding tert-OH is 1. The molecule has 1 amide bonds. The number of amides is 1. The molecule has 6 atom stereocenters. The second-order valence-electron chi connectivity index (χ2n) is 13.3. The number of carbonyl (C=O) groups excluding carboxylic acids is 3. The summed E-state index contributed by atoms with van der Waals surface area (Å²) in [6.07, 6.45) is 2.76. The second kappa shape index (κ2) is 11.7. The van der Waals surface area contributed by atoms with Crippen molar-refractivity contribution in [1.82, 2.24) is 4.90 Å². The summed E-state index contributed by atoms with van der Waals surface area (Å²) in [6.45, 7) is 7.19. The van der Waals surface area contributed by atoms with Crippen molar-refractivity contribution in [3.8, 4) is 11.5 Å². The van der Waals surface area contributed by atoms with E-state index in [9.17, 15) is 29.7 Å². The SMILES string of the molecule is CC1(C)C2CCC1(C)C(OC(=O)[C@@H]1CCCN1C(=O)[C@@H](CC(=O)[C@H](O)Cc1ccc(O)c(O)c1)Cc1ccccc1)C2. The summed E-state index contributed by atoms with van der Waals surface area (Å²) >= 11 is 0. The highest BCUT2D eigenvalue weighted by atomic mass is 16.5. The van der Waals surface area contributed by atoms with Crippen LogP contribution in [0.1, 0.15) is 70.4 Å². The van der Waals surface area contributed by atoms with Gasteiger partial charge in [0, 0.05) is 30.7 Å². The Labute approximate surface area is 247 Å². The van der Waals surface area contributed by atoms with E-state index in [0.29, 0.717) is 37.3 Å². The largest absolute Gasteiger partial charge is 0.504 e. The van der Waals surface area contributed by atoms with Gasteiger partial charge in [0.05, 0.1) is 0 Å². The number of esters is 1. The van der Waals surface area contributed by atoms with Crippen molar-refractivity contribution in [1.29, 1.82) is 0 Å². The van der Waals surface area contributed by atoms with Crippen LogP contribution in [0.2, 0.25) is 0 Å². The molecule has 2 aromatic rings. The van der Waals surface area contributed by atoms with E-state index < -0.39 is 23.8 Å². The number of carbonyl (C=O) groups is 3. The number of benzene rings is 2. The summed E-state index contributed by atoms with van der Waals surface area (Å²) in [7, 11) is 0. The van der Waals surface area contributed by atoms with Crippen LogP contribution >= 0.6 is 0 Å². The molecule has 2 saturated carbocycles. The van der Waals surface area contributed by atoms with E-state index in [2.05, 4.69) is 20.8 Å². The minimum atomic E-state index is -1.39. The first-order valence-corrected chi connectivity index (χ1v) is 15.2. The molecule has 1 saturated heterocycles. The van der Waals surface area contributed by atoms with Gasteiger partial charge in [-0.1, -0.05) is 57.2 Å². The highest BCUT2D eigenvalue weighted by molar-refractivity contribution is 5.91. The predicted molar refractivity (Wildman–Crippen MR) is 157 cm³/mol. The average Bonchev–Trinajstić information content (AvgIpc) is 3.58. The average molecular weight is 578 g/mol. The maximum atomic E-state index is 14.0. The number of aromatic hydroxyl groups is 2. The van der Waals surface area contributed by atoms with Crippen molar-refractivity contribution in [2.45, 2.75) is 90.4 Å². The lowest BCUT2D eigenvalue weighted by atomic mass is 9.70. The lowest BCUT2D eigenvalue weighted by molar-refractivity contribution is -0.165. The number of hydrogen-bond acceptors (Lipinski definition) is 7. The van der Waals surface area contributed by atoms with Crippen molar-refractivity contribution in [3.63, 3.8) is 0 Å². The molecule has 1 aliphatic heterocycles. The number of fused-ring (bicyclic) bond motifs is 2. The van der Waals surface area contributed by atoms with Crippen LogP contribution in [0.15, 0.2) is 48.5 Å². The summed E-state index contributed by atoms with van der Waals surface area (Å²) in [5.41, 5.74) is 1.39. The molecule has 2 bridgehead atoms. The molecule has 5 rings (SSSR count). The first kappa shape index (κ1) is 30.1. The zero-order valence-electron chi connectivity index (χ0n) is 24.8. The molecule has 8 heteroatoms. The van der Waals surface area contributed by atoms with Gasteiger partial charge in [-0.3, -0.25) is 9.59 Å². The Hall–Kier alpha value is -3.39. The van der Waals surface area contributed by atoms with Gasteiger partial charge in [0.15, 0.2) is 17.3 Å². The molecule has 2 aromatic carbocycles. The van der Waals surface area contributed by atoms with Gasteiger partial charge in [0.2, 0.25) is 5.91 Å². The lowest BCUT2D eigenvalue weighted by Gasteiger charge is -2.39. The van der Waals surface area contributed by atoms with Gasteiger partial charge >= 0.3 is 5.97 Å². The maximum absolute atomic E-state index is 14.0. The summed E-state index contributed by atoms with van der Waals surface area (Å²) in [5.74, 6) is -1.97. The van der Waals surface area contributed by atoms with Gasteiger partial charge in [-0.15, -0.1) is 0 Å². The number of ether oxygens (including phenoxy) is 1. The van der Waals surface area contributed by atoms with Crippen LogP contribution in [0.4, 0.5) is 0 Å². The number of Topliss-reactive ketones (excluding diaryl/α,β-unsaturated/α-hetero) is 1. The number of likely N-dealkylation sites (tertiary alicyclic amines) is 1. The Morgan fingerprint density at radius 2 is 1.71 bits per heavy atom. The molecule has 3 N–H and O–H groups in total. The Morgan fingerprint density at radius 3 is 2.36 bits per heavy atom. The summed E-state index contributed by atoms with van der Waals surface area (Å²) in [6, 6.07) is 12.9. The molecular weight excluding hydrogens is 534 g/mol. The van der Waals surface area contributed by atoms with E-state index in [-0.39, 0.29) is 53.2 Å². The topological polar surface area (TPSA) is 124 Å². The number of nitrogens with zero attached hydrogens (tertiary/aromatic N) is 1. The summed E-state index contributed by atoms with van der Waals surface area (Å²) in [4.78, 5) is 42.4. The number of phenols is 2. The van der Waals surface area contributed by atoms with Crippen LogP contribution in [-0.2, 0) is 32.0 Å². The number of ketones is 1. The lowest BCUT2D eigenvalue weighted by Crippen LogP contribution is -2.47. The molecule has 2 aliphatic carbocycles. The molecule has 3 aliphatic rings. The molecule has 3 unspecified atom stereocenters. The van der Waals surface area contributed by atoms with Crippen LogP contribution < -0.4 is 0 Å². The minimum Gasteiger partial charge on any atom is -0.504 e. The third-order valence-corrected chi connectivity index (χ3v) is 10.7. The maximum Gasteiger partial charge on any atom is 0.329 e. The molecule has 1 heterocycles. The van der Waals surface area contributed by atoms with Gasteiger partial charge in [0.1, 0.15) is 18.2 Å². The number of aliphatic hydroxyl groups is 1. The van der Waals surface area contributed by atoms with E-state index in [1.807, 2.05) is 30.3 Å². The van der Waals surface area contributed by atoms with Gasteiger partial charge in [-0.2, -0.15) is 0 Å². The molecular formula is C34H43NO7. The van der Waals surface area contributed by atoms with Crippen molar-refractivity contribution in [2.24, 2.45) is 22.7 Å². The molecule has 0 spiro atoms. The van der Waals surface area contributed by atoms with E-state index in [1.54, 1.807) is 4.90 Å². The quantitative estimate of drug-likeness (QED) is 0.279. The first-order chi connectivity index (χ1) is 19.9. The predicted octanol–water partition coefficient (Wildman–Crippen LogP) is 4.57. The molecule has 226 valence electrons. The molecule has 42 heavy (non-hydrogen) atoms. The van der Waals surface area contributed by atoms with Crippen LogP contribution in [0, 0.1) is 22.7 Å². The standard InChI is InChI=1S/C34H43NO7/c1-33(2)24-13-14-34(33,3)30(20-24)42-32(41)25-10-7-15-35(25)31(40)23(16-21-8-5-4-6-9-21)19-29(39)28(38)18-22-11-12-26(36)27(37)17-22/h4-6,8-9,11-12,17,23-25,28,30,36-38H,7,10,13-16,18-20H2,1-3H3/t23-,24?,25+,28-,30?,34?/m1/s1. The van der Waals surface area contributed by atoms with Crippen molar-refractivity contribution >= 4 is 17.7 Å². The number of phenolic OH excluding ortho intramolecular Hbond substituents is 2. The van der Waals surface area contributed by atoms with Gasteiger partial charge in [0.25, 0.3) is 0 Å². The van der Waals surface area contributed by atoms with Gasteiger partial charge < -0.3 is 25.0 Å². The zero-order valence-corrected chi connectivity index (χ0v) is 24.8. The van der Waals surface area contributed by atoms with Crippen LogP contribution in [-0.4, -0.2) is 62.7 Å². The Kier molecular flexibility index (Phi) is 8.39. The Bertz CT molecular complexity index is 1320. The zero-order chi connectivity index (χ0) is 30.2. The monoisotopic (exact) mass is 577 g/mol. The fraction of sp³-hybridized carbons (Fsp3) is 0.559. The van der Waals surface area contributed by atoms with Crippen molar-refractivity contribution < 1.29 is 34.4 Å². The minimum absolute atomic E-state index is 0.0604. The highest BCUT2D eigenvalue weighted by Crippen LogP contribution is 2.66. The van der Waals surface area contributed by atoms with E-state index in [1.165, 1.54) is 18.2 Å². The first-order valence-electron chi connectivity index (χ1n) is 15.2. The molecule has 0 aromatic heterocycles. The Balaban J connectivity index is 1.29. The van der Waals surface area contributed by atoms with E-state index >= 15 is 0 Å². The smallest absolute Gasteiger partial charge is 0.329 e. The highest BCUT2D eigenvalue weighted by Gasteiger charge is 2.63. The van der Waals surface area contributed by atoms with Crippen molar-refractivity contribution in [2.75, 3.05) is 6.54 Å². The molecule has 8 nitrogen and oxygen atoms in total. The van der Waals surface area contributed by atoms with Crippen LogP contribution in [0.25, 0.3) is 0 Å². The fourth-order valence-electron chi connectivity index (χ4n) is 7.59. The van der Waals surface area contributed by atoms with Crippen LogP contribution in [0.3, 0.4) is 0 Å². The number of hydrogen-bond donors (Lipinski definition) is 3. The Morgan fingerprint density at radius 1 is 0.976 bits per heavy atom. The van der Waals surface area contributed by atoms with E-state index in [4.69, 9.17) is 4.74 Å². The van der Waals surface area contributed by atoms with Gasteiger partial charge in [-0.25, -0.2) is 4.79 Å². The van der Waals surface area contributed by atoms with Crippen LogP contribution in [0.5, 0.6) is 11.5 Å². The third kappa shape index (κ3) is 5.65. The number of rotatable bonds is 10. The molecule has 0 radical (unpaired) electrons. The fourth-order valence-corrected chi connectivity index (χ4v) is 7.59. The van der Waals surface area contributed by atoms with Crippen molar-refractivity contribution in [3.05, 3.63) is 59.7 Å². The van der Waals surface area contributed by atoms with Gasteiger partial charge in [-0.05, 0) is 73.1 Å². The summed E-state index contributed by atoms with van der Waals surface area (Å²) in [5, 5.41) is 30.1. The van der Waals surface area contributed by atoms with E-state index in [0.717, 1.165) is 24.8 Å².